The summed E-state index contributed by atoms with van der Waals surface area (Å²) in [4.78, 5) is 22.9. The smallest absolute Gasteiger partial charge is 0.270 e. The number of nitrogens with zero attached hydrogens (tertiary/aromatic N) is 2. The predicted octanol–water partition coefficient (Wildman–Crippen LogP) is 4.07. The number of nitrogen functional groups attached to an aromatic ring is 1. The largest absolute Gasteiger partial charge is 0.383 e. The van der Waals surface area contributed by atoms with E-state index in [0.29, 0.717) is 17.4 Å². The molecule has 1 aromatic carbocycles. The van der Waals surface area contributed by atoms with Crippen LogP contribution in [0.2, 0.25) is 0 Å². The number of carbonyl (C=O) groups excluding carboxylic acids is 1. The number of hydrogen-bond acceptors (Lipinski definition) is 3. The molecule has 5 nitrogen and oxygen atoms in total. The van der Waals surface area contributed by atoms with Gasteiger partial charge in [-0.2, -0.15) is 0 Å². The van der Waals surface area contributed by atoms with Crippen molar-refractivity contribution in [2.45, 2.75) is 32.7 Å². The van der Waals surface area contributed by atoms with E-state index < -0.39 is 0 Å². The molecule has 3 aromatic rings. The molecule has 1 aliphatic rings. The van der Waals surface area contributed by atoms with E-state index in [9.17, 15) is 4.79 Å². The zero-order chi connectivity index (χ0) is 18.3. The van der Waals surface area contributed by atoms with Gasteiger partial charge in [-0.1, -0.05) is 37.3 Å². The number of likely N-dealkylation sites (tertiary alicyclic amines) is 1. The third-order valence-corrected chi connectivity index (χ3v) is 5.33. The van der Waals surface area contributed by atoms with E-state index in [-0.39, 0.29) is 11.9 Å². The molecule has 0 saturated carbocycles. The second kappa shape index (κ2) is 6.48. The van der Waals surface area contributed by atoms with Crippen molar-refractivity contribution in [1.82, 2.24) is 14.9 Å². The first kappa shape index (κ1) is 16.6. The third kappa shape index (κ3) is 2.94. The van der Waals surface area contributed by atoms with Gasteiger partial charge in [0.05, 0.1) is 17.1 Å². The molecule has 1 saturated heterocycles. The molecule has 0 spiro atoms. The Kier molecular flexibility index (Phi) is 4.15. The Bertz CT molecular complexity index is 908. The highest BCUT2D eigenvalue weighted by atomic mass is 16.2. The Morgan fingerprint density at radius 2 is 2.00 bits per heavy atom. The summed E-state index contributed by atoms with van der Waals surface area (Å²) in [5.74, 6) is 1.03. The summed E-state index contributed by atoms with van der Waals surface area (Å²) in [7, 11) is 0. The number of aromatic amines is 1. The standard InChI is InChI=1S/C21H24N4O/c1-13-8-9-19(15-6-4-3-5-7-15)25(12-13)21(26)18-11-17-16(23-18)10-14(2)20(22)24-17/h3-7,10-11,13,19,23H,8-9,12H2,1-2H3,(H2,22,24)/t13-,19+/m0/s1. The van der Waals surface area contributed by atoms with Crippen LogP contribution in [0.1, 0.15) is 47.4 Å². The summed E-state index contributed by atoms with van der Waals surface area (Å²) < 4.78 is 0. The van der Waals surface area contributed by atoms with Crippen LogP contribution in [-0.4, -0.2) is 27.3 Å². The monoisotopic (exact) mass is 348 g/mol. The highest BCUT2D eigenvalue weighted by Crippen LogP contribution is 2.34. The van der Waals surface area contributed by atoms with Crippen molar-refractivity contribution < 1.29 is 4.79 Å². The van der Waals surface area contributed by atoms with Crippen LogP contribution in [0.3, 0.4) is 0 Å². The van der Waals surface area contributed by atoms with E-state index in [1.807, 2.05) is 42.2 Å². The van der Waals surface area contributed by atoms with Crippen molar-refractivity contribution >= 4 is 22.8 Å². The number of nitrogens with one attached hydrogen (secondary N) is 1. The average molecular weight is 348 g/mol. The van der Waals surface area contributed by atoms with Crippen LogP contribution in [0.15, 0.2) is 42.5 Å². The molecule has 1 aliphatic heterocycles. The first-order valence-corrected chi connectivity index (χ1v) is 9.14. The second-order valence-electron chi connectivity index (χ2n) is 7.37. The van der Waals surface area contributed by atoms with Crippen LogP contribution in [0, 0.1) is 12.8 Å². The number of rotatable bonds is 2. The van der Waals surface area contributed by atoms with Crippen molar-refractivity contribution in [3.63, 3.8) is 0 Å². The van der Waals surface area contributed by atoms with Crippen molar-refractivity contribution in [2.75, 3.05) is 12.3 Å². The molecule has 134 valence electrons. The lowest BCUT2D eigenvalue weighted by molar-refractivity contribution is 0.0539. The number of amides is 1. The zero-order valence-electron chi connectivity index (χ0n) is 15.2. The third-order valence-electron chi connectivity index (χ3n) is 5.33. The van der Waals surface area contributed by atoms with Gasteiger partial charge < -0.3 is 15.6 Å². The van der Waals surface area contributed by atoms with Gasteiger partial charge in [0.1, 0.15) is 11.5 Å². The minimum atomic E-state index is 0.0274. The molecule has 0 aliphatic carbocycles. The number of hydrogen-bond donors (Lipinski definition) is 2. The molecule has 1 fully saturated rings. The number of anilines is 1. The summed E-state index contributed by atoms with van der Waals surface area (Å²) in [5.41, 5.74) is 10.2. The second-order valence-corrected chi connectivity index (χ2v) is 7.37. The summed E-state index contributed by atoms with van der Waals surface area (Å²) in [5, 5.41) is 0. The van der Waals surface area contributed by atoms with E-state index in [4.69, 9.17) is 5.73 Å². The van der Waals surface area contributed by atoms with Crippen LogP contribution in [0.25, 0.3) is 11.0 Å². The van der Waals surface area contributed by atoms with E-state index >= 15 is 0 Å². The number of H-pyrrole nitrogens is 1. The molecule has 2 atom stereocenters. The molecule has 1 amide bonds. The molecule has 0 radical (unpaired) electrons. The Morgan fingerprint density at radius 1 is 1.23 bits per heavy atom. The van der Waals surface area contributed by atoms with Crippen molar-refractivity contribution in [2.24, 2.45) is 5.92 Å². The topological polar surface area (TPSA) is 75.0 Å². The summed E-state index contributed by atoms with van der Waals surface area (Å²) >= 11 is 0. The Hall–Kier alpha value is -2.82. The lowest BCUT2D eigenvalue weighted by Gasteiger charge is -2.38. The Balaban J connectivity index is 1.70. The van der Waals surface area contributed by atoms with Gasteiger partial charge in [0.25, 0.3) is 5.91 Å². The molecule has 5 heteroatoms. The van der Waals surface area contributed by atoms with Crippen LogP contribution in [0.5, 0.6) is 0 Å². The first-order chi connectivity index (χ1) is 12.5. The van der Waals surface area contributed by atoms with Gasteiger partial charge in [-0.25, -0.2) is 4.98 Å². The number of carbonyl (C=O) groups is 1. The fourth-order valence-electron chi connectivity index (χ4n) is 3.84. The molecule has 0 unspecified atom stereocenters. The lowest BCUT2D eigenvalue weighted by atomic mass is 9.89. The molecule has 3 N–H and O–H groups in total. The number of piperidine rings is 1. The Labute approximate surface area is 153 Å². The van der Waals surface area contributed by atoms with Crippen LogP contribution in [0.4, 0.5) is 5.82 Å². The van der Waals surface area contributed by atoms with Crippen LogP contribution in [-0.2, 0) is 0 Å². The van der Waals surface area contributed by atoms with E-state index in [1.54, 1.807) is 0 Å². The van der Waals surface area contributed by atoms with Crippen molar-refractivity contribution in [1.29, 1.82) is 0 Å². The molecular formula is C21H24N4O. The fraction of sp³-hybridized carbons (Fsp3) is 0.333. The van der Waals surface area contributed by atoms with E-state index in [2.05, 4.69) is 29.0 Å². The zero-order valence-corrected chi connectivity index (χ0v) is 15.2. The molecule has 2 aromatic heterocycles. The van der Waals surface area contributed by atoms with Crippen molar-refractivity contribution in [3.05, 3.63) is 59.3 Å². The van der Waals surface area contributed by atoms with Gasteiger partial charge in [-0.05, 0) is 48.9 Å². The van der Waals surface area contributed by atoms with Gasteiger partial charge in [0.2, 0.25) is 0 Å². The number of pyridine rings is 1. The summed E-state index contributed by atoms with van der Waals surface area (Å²) in [6.45, 7) is 4.89. The molecular weight excluding hydrogens is 324 g/mol. The van der Waals surface area contributed by atoms with E-state index in [0.717, 1.165) is 36.0 Å². The van der Waals surface area contributed by atoms with Gasteiger partial charge in [0.15, 0.2) is 0 Å². The number of aromatic nitrogens is 2. The summed E-state index contributed by atoms with van der Waals surface area (Å²) in [6, 6.07) is 14.2. The predicted molar refractivity (Wildman–Crippen MR) is 104 cm³/mol. The van der Waals surface area contributed by atoms with Gasteiger partial charge >= 0.3 is 0 Å². The maximum absolute atomic E-state index is 13.3. The quantitative estimate of drug-likeness (QED) is 0.733. The van der Waals surface area contributed by atoms with Gasteiger partial charge in [-0.3, -0.25) is 4.79 Å². The number of fused-ring (bicyclic) bond motifs is 1. The average Bonchev–Trinajstić information content (AvgIpc) is 3.05. The summed E-state index contributed by atoms with van der Waals surface area (Å²) in [6.07, 6.45) is 2.12. The van der Waals surface area contributed by atoms with E-state index in [1.165, 1.54) is 5.56 Å². The molecule has 26 heavy (non-hydrogen) atoms. The molecule has 4 rings (SSSR count). The maximum atomic E-state index is 13.3. The van der Waals surface area contributed by atoms with Crippen LogP contribution >= 0.6 is 0 Å². The maximum Gasteiger partial charge on any atom is 0.270 e. The van der Waals surface area contributed by atoms with Gasteiger partial charge in [0, 0.05) is 6.54 Å². The normalized spacial score (nSPS) is 20.5. The number of benzene rings is 1. The number of aryl methyl sites for hydroxylation is 1. The first-order valence-electron chi connectivity index (χ1n) is 9.14. The SMILES string of the molecule is Cc1cc2[nH]c(C(=O)N3C[C@@H](C)CC[C@@H]3c3ccccc3)cc2nc1N. The minimum absolute atomic E-state index is 0.0274. The molecule has 3 heterocycles. The lowest BCUT2D eigenvalue weighted by Crippen LogP contribution is -2.41. The van der Waals surface area contributed by atoms with Gasteiger partial charge in [-0.15, -0.1) is 0 Å². The number of nitrogens with two attached hydrogens (primary N) is 1. The fourth-order valence-corrected chi connectivity index (χ4v) is 3.84. The highest BCUT2D eigenvalue weighted by molar-refractivity contribution is 5.97. The van der Waals surface area contributed by atoms with Crippen molar-refractivity contribution in [3.8, 4) is 0 Å². The Morgan fingerprint density at radius 3 is 2.77 bits per heavy atom. The molecule has 0 bridgehead atoms. The van der Waals surface area contributed by atoms with Crippen LogP contribution < -0.4 is 5.73 Å². The minimum Gasteiger partial charge on any atom is -0.383 e. The highest BCUT2D eigenvalue weighted by Gasteiger charge is 2.32.